The summed E-state index contributed by atoms with van der Waals surface area (Å²) in [5.74, 6) is 1.32. The van der Waals surface area contributed by atoms with E-state index in [0.29, 0.717) is 35.7 Å². The molecule has 0 bridgehead atoms. The van der Waals surface area contributed by atoms with Gasteiger partial charge in [0.1, 0.15) is 11.6 Å². The van der Waals surface area contributed by atoms with Crippen LogP contribution in [0.5, 0.6) is 0 Å². The van der Waals surface area contributed by atoms with E-state index < -0.39 is 0 Å². The zero-order valence-corrected chi connectivity index (χ0v) is 11.6. The lowest BCUT2D eigenvalue weighted by atomic mass is 10.2. The van der Waals surface area contributed by atoms with Crippen LogP contribution in [0.3, 0.4) is 0 Å². The summed E-state index contributed by atoms with van der Waals surface area (Å²) in [5.41, 5.74) is 2.05. The first-order chi connectivity index (χ1) is 9.69. The second kappa shape index (κ2) is 5.20. The van der Waals surface area contributed by atoms with Gasteiger partial charge in [0.25, 0.3) is 0 Å². The van der Waals surface area contributed by atoms with Gasteiger partial charge in [0, 0.05) is 19.0 Å². The van der Waals surface area contributed by atoms with Crippen molar-refractivity contribution in [3.8, 4) is 0 Å². The standard InChI is InChI=1S/C13H12ClFN4O/c1-8-4-11-10(5-9(8)15)17-13(6-14)19(11)3-2-12-16-7-20-18-12/h4-5,7H,2-3,6H2,1H3. The van der Waals surface area contributed by atoms with Crippen molar-refractivity contribution in [1.82, 2.24) is 19.7 Å². The topological polar surface area (TPSA) is 56.7 Å². The number of benzene rings is 1. The van der Waals surface area contributed by atoms with Crippen molar-refractivity contribution in [3.05, 3.63) is 41.6 Å². The van der Waals surface area contributed by atoms with Gasteiger partial charge < -0.3 is 9.09 Å². The van der Waals surface area contributed by atoms with Crippen molar-refractivity contribution in [3.63, 3.8) is 0 Å². The molecule has 0 spiro atoms. The molecule has 0 fully saturated rings. The summed E-state index contributed by atoms with van der Waals surface area (Å²) in [4.78, 5) is 8.34. The molecule has 3 aromatic rings. The minimum absolute atomic E-state index is 0.263. The number of aryl methyl sites for hydroxylation is 3. The molecule has 5 nitrogen and oxygen atoms in total. The summed E-state index contributed by atoms with van der Waals surface area (Å²) < 4.78 is 20.3. The third-order valence-electron chi connectivity index (χ3n) is 3.19. The normalized spacial score (nSPS) is 11.3. The van der Waals surface area contributed by atoms with Crippen LogP contribution in [0.4, 0.5) is 4.39 Å². The monoisotopic (exact) mass is 294 g/mol. The Hall–Kier alpha value is -1.95. The fourth-order valence-corrected chi connectivity index (χ4v) is 2.37. The molecule has 1 aromatic carbocycles. The van der Waals surface area contributed by atoms with Crippen molar-refractivity contribution in [2.24, 2.45) is 0 Å². The Kier molecular flexibility index (Phi) is 3.40. The van der Waals surface area contributed by atoms with Crippen LogP contribution in [0.15, 0.2) is 23.0 Å². The summed E-state index contributed by atoms with van der Waals surface area (Å²) in [6.07, 6.45) is 1.89. The molecule has 20 heavy (non-hydrogen) atoms. The van der Waals surface area contributed by atoms with Crippen LogP contribution in [-0.4, -0.2) is 19.7 Å². The summed E-state index contributed by atoms with van der Waals surface area (Å²) in [6, 6.07) is 3.22. The molecule has 0 atom stereocenters. The molecule has 7 heteroatoms. The van der Waals surface area contributed by atoms with Gasteiger partial charge in [-0.2, -0.15) is 4.98 Å². The van der Waals surface area contributed by atoms with Crippen LogP contribution in [0.2, 0.25) is 0 Å². The Morgan fingerprint density at radius 1 is 1.40 bits per heavy atom. The van der Waals surface area contributed by atoms with Crippen molar-refractivity contribution in [2.45, 2.75) is 25.8 Å². The number of hydrogen-bond acceptors (Lipinski definition) is 4. The molecule has 2 heterocycles. The van der Waals surface area contributed by atoms with Crippen molar-refractivity contribution < 1.29 is 8.91 Å². The number of alkyl halides is 1. The molecule has 0 N–H and O–H groups in total. The molecule has 0 aliphatic heterocycles. The highest BCUT2D eigenvalue weighted by Crippen LogP contribution is 2.21. The highest BCUT2D eigenvalue weighted by molar-refractivity contribution is 6.16. The van der Waals surface area contributed by atoms with Crippen LogP contribution >= 0.6 is 11.6 Å². The summed E-state index contributed by atoms with van der Waals surface area (Å²) in [5, 5.41) is 3.77. The fraction of sp³-hybridized carbons (Fsp3) is 0.308. The molecule has 0 unspecified atom stereocenters. The maximum atomic E-state index is 13.6. The van der Waals surface area contributed by atoms with E-state index in [-0.39, 0.29) is 11.7 Å². The van der Waals surface area contributed by atoms with Gasteiger partial charge in [0.05, 0.1) is 16.9 Å². The predicted octanol–water partition coefficient (Wildman–Crippen LogP) is 2.85. The highest BCUT2D eigenvalue weighted by atomic mass is 35.5. The van der Waals surface area contributed by atoms with E-state index in [1.165, 1.54) is 12.5 Å². The molecule has 104 valence electrons. The number of rotatable bonds is 4. The van der Waals surface area contributed by atoms with Crippen LogP contribution in [0.1, 0.15) is 17.2 Å². The maximum absolute atomic E-state index is 13.6. The molecule has 3 rings (SSSR count). The number of nitrogens with zero attached hydrogens (tertiary/aromatic N) is 4. The highest BCUT2D eigenvalue weighted by Gasteiger charge is 2.13. The fourth-order valence-electron chi connectivity index (χ4n) is 2.17. The third kappa shape index (κ3) is 2.27. The largest absolute Gasteiger partial charge is 0.343 e. The average Bonchev–Trinajstić information content (AvgIpc) is 3.05. The first kappa shape index (κ1) is 13.1. The molecule has 0 amide bonds. The maximum Gasteiger partial charge on any atom is 0.213 e. The average molecular weight is 295 g/mol. The summed E-state index contributed by atoms with van der Waals surface area (Å²) in [6.45, 7) is 2.34. The van der Waals surface area contributed by atoms with E-state index in [9.17, 15) is 4.39 Å². The zero-order chi connectivity index (χ0) is 14.1. The third-order valence-corrected chi connectivity index (χ3v) is 3.43. The molecular formula is C13H12ClFN4O. The Labute approximate surface area is 119 Å². The first-order valence-corrected chi connectivity index (χ1v) is 6.69. The molecule has 0 aliphatic rings. The minimum Gasteiger partial charge on any atom is -0.343 e. The van der Waals surface area contributed by atoms with Gasteiger partial charge in [-0.3, -0.25) is 0 Å². The van der Waals surface area contributed by atoms with Crippen LogP contribution in [0, 0.1) is 12.7 Å². The number of halogens is 2. The van der Waals surface area contributed by atoms with E-state index in [0.717, 1.165) is 5.52 Å². The van der Waals surface area contributed by atoms with Gasteiger partial charge in [-0.1, -0.05) is 5.16 Å². The Balaban J connectivity index is 2.01. The van der Waals surface area contributed by atoms with Gasteiger partial charge in [-0.25, -0.2) is 9.37 Å². The molecular weight excluding hydrogens is 283 g/mol. The number of imidazole rings is 1. The van der Waals surface area contributed by atoms with Crippen LogP contribution in [-0.2, 0) is 18.8 Å². The van der Waals surface area contributed by atoms with Crippen molar-refractivity contribution in [2.75, 3.05) is 0 Å². The zero-order valence-electron chi connectivity index (χ0n) is 10.8. The summed E-state index contributed by atoms with van der Waals surface area (Å²) in [7, 11) is 0. The lowest BCUT2D eigenvalue weighted by Crippen LogP contribution is -2.06. The van der Waals surface area contributed by atoms with E-state index in [1.807, 2.05) is 4.57 Å². The molecule has 0 saturated heterocycles. The lowest BCUT2D eigenvalue weighted by molar-refractivity contribution is 0.408. The van der Waals surface area contributed by atoms with Gasteiger partial charge in [-0.05, 0) is 18.6 Å². The van der Waals surface area contributed by atoms with E-state index in [1.54, 1.807) is 13.0 Å². The second-order valence-electron chi connectivity index (χ2n) is 4.50. The quantitative estimate of drug-likeness (QED) is 0.694. The van der Waals surface area contributed by atoms with Crippen LogP contribution in [0.25, 0.3) is 11.0 Å². The SMILES string of the molecule is Cc1cc2c(cc1F)nc(CCl)n2CCc1ncon1. The molecule has 0 saturated carbocycles. The van der Waals surface area contributed by atoms with Gasteiger partial charge in [-0.15, -0.1) is 11.6 Å². The number of aromatic nitrogens is 4. The minimum atomic E-state index is -0.263. The van der Waals surface area contributed by atoms with Crippen molar-refractivity contribution >= 4 is 22.6 Å². The van der Waals surface area contributed by atoms with Gasteiger partial charge in [0.2, 0.25) is 6.39 Å². The lowest BCUT2D eigenvalue weighted by Gasteiger charge is -2.06. The molecule has 0 radical (unpaired) electrons. The number of hydrogen-bond donors (Lipinski definition) is 0. The smallest absolute Gasteiger partial charge is 0.213 e. The second-order valence-corrected chi connectivity index (χ2v) is 4.77. The van der Waals surface area contributed by atoms with E-state index in [2.05, 4.69) is 15.1 Å². The molecule has 0 aliphatic carbocycles. The number of fused-ring (bicyclic) bond motifs is 1. The van der Waals surface area contributed by atoms with E-state index in [4.69, 9.17) is 16.1 Å². The summed E-state index contributed by atoms with van der Waals surface area (Å²) >= 11 is 5.92. The Morgan fingerprint density at radius 2 is 2.25 bits per heavy atom. The Morgan fingerprint density at radius 3 is 2.95 bits per heavy atom. The predicted molar refractivity (Wildman–Crippen MR) is 72.0 cm³/mol. The van der Waals surface area contributed by atoms with Crippen LogP contribution < -0.4 is 0 Å². The molecule has 2 aromatic heterocycles. The van der Waals surface area contributed by atoms with Gasteiger partial charge in [0.15, 0.2) is 5.82 Å². The van der Waals surface area contributed by atoms with E-state index >= 15 is 0 Å². The first-order valence-electron chi connectivity index (χ1n) is 6.15. The van der Waals surface area contributed by atoms with Gasteiger partial charge >= 0.3 is 0 Å². The Bertz CT molecular complexity index is 738. The van der Waals surface area contributed by atoms with Crippen molar-refractivity contribution in [1.29, 1.82) is 0 Å².